The molecule has 138 valence electrons. The molecule has 2 rings (SSSR count). The van der Waals surface area contributed by atoms with Gasteiger partial charge in [0.1, 0.15) is 0 Å². The standard InChI is InChI=1S/C21H27N3O2/c22-13-16-24(15-12-18-7-3-1-4-8-18)21(26)11-14-23-20(25)17-19-9-5-2-6-10-19/h1-10H,11-17,22H2,(H,23,25). The maximum absolute atomic E-state index is 12.4. The van der Waals surface area contributed by atoms with Gasteiger partial charge in [-0.3, -0.25) is 9.59 Å². The van der Waals surface area contributed by atoms with Gasteiger partial charge in [0.15, 0.2) is 0 Å². The summed E-state index contributed by atoms with van der Waals surface area (Å²) in [6.45, 7) is 1.94. The highest BCUT2D eigenvalue weighted by Gasteiger charge is 2.13. The number of hydrogen-bond acceptors (Lipinski definition) is 3. The fourth-order valence-electron chi connectivity index (χ4n) is 2.74. The average molecular weight is 353 g/mol. The van der Waals surface area contributed by atoms with Gasteiger partial charge in [-0.15, -0.1) is 0 Å². The molecule has 0 aliphatic heterocycles. The summed E-state index contributed by atoms with van der Waals surface area (Å²) in [6.07, 6.45) is 1.41. The first-order chi connectivity index (χ1) is 12.7. The molecule has 2 aromatic carbocycles. The highest BCUT2D eigenvalue weighted by molar-refractivity contribution is 5.80. The number of nitrogens with two attached hydrogens (primary N) is 1. The Kier molecular flexibility index (Phi) is 8.36. The van der Waals surface area contributed by atoms with Gasteiger partial charge in [-0.2, -0.15) is 0 Å². The zero-order valence-electron chi connectivity index (χ0n) is 15.1. The Balaban J connectivity index is 1.73. The fourth-order valence-corrected chi connectivity index (χ4v) is 2.74. The van der Waals surface area contributed by atoms with Gasteiger partial charge in [0.2, 0.25) is 11.8 Å². The summed E-state index contributed by atoms with van der Waals surface area (Å²) in [5, 5.41) is 2.82. The molecular formula is C21H27N3O2. The molecule has 5 nitrogen and oxygen atoms in total. The van der Waals surface area contributed by atoms with Crippen molar-refractivity contribution in [3.8, 4) is 0 Å². The predicted molar refractivity (Wildman–Crippen MR) is 104 cm³/mol. The lowest BCUT2D eigenvalue weighted by Crippen LogP contribution is -2.39. The topological polar surface area (TPSA) is 75.4 Å². The number of nitrogens with zero attached hydrogens (tertiary/aromatic N) is 1. The summed E-state index contributed by atoms with van der Waals surface area (Å²) >= 11 is 0. The van der Waals surface area contributed by atoms with Crippen molar-refractivity contribution >= 4 is 11.8 Å². The fraction of sp³-hybridized carbons (Fsp3) is 0.333. The lowest BCUT2D eigenvalue weighted by Gasteiger charge is -2.22. The third-order valence-corrected chi connectivity index (χ3v) is 4.13. The van der Waals surface area contributed by atoms with Crippen LogP contribution >= 0.6 is 0 Å². The largest absolute Gasteiger partial charge is 0.355 e. The Hall–Kier alpha value is -2.66. The summed E-state index contributed by atoms with van der Waals surface area (Å²) in [5.41, 5.74) is 7.79. The lowest BCUT2D eigenvalue weighted by molar-refractivity contribution is -0.131. The highest BCUT2D eigenvalue weighted by atomic mass is 16.2. The van der Waals surface area contributed by atoms with Crippen molar-refractivity contribution in [2.24, 2.45) is 5.73 Å². The molecule has 0 aromatic heterocycles. The van der Waals surface area contributed by atoms with Crippen LogP contribution in [0.2, 0.25) is 0 Å². The van der Waals surface area contributed by atoms with Crippen molar-refractivity contribution < 1.29 is 9.59 Å². The second kappa shape index (κ2) is 11.1. The van der Waals surface area contributed by atoms with Gasteiger partial charge >= 0.3 is 0 Å². The molecule has 26 heavy (non-hydrogen) atoms. The van der Waals surface area contributed by atoms with Gasteiger partial charge < -0.3 is 16.0 Å². The number of rotatable bonds is 10. The third-order valence-electron chi connectivity index (χ3n) is 4.13. The van der Waals surface area contributed by atoms with E-state index in [1.54, 1.807) is 4.90 Å². The normalized spacial score (nSPS) is 10.3. The van der Waals surface area contributed by atoms with E-state index in [2.05, 4.69) is 17.4 Å². The molecular weight excluding hydrogens is 326 g/mol. The number of nitrogens with one attached hydrogen (secondary N) is 1. The van der Waals surface area contributed by atoms with Crippen molar-refractivity contribution in [3.05, 3.63) is 71.8 Å². The molecule has 0 bridgehead atoms. The molecule has 0 unspecified atom stereocenters. The summed E-state index contributed by atoms with van der Waals surface area (Å²) in [7, 11) is 0. The molecule has 0 fully saturated rings. The zero-order valence-corrected chi connectivity index (χ0v) is 15.1. The lowest BCUT2D eigenvalue weighted by atomic mass is 10.1. The Morgan fingerprint density at radius 1 is 0.885 bits per heavy atom. The van der Waals surface area contributed by atoms with E-state index in [0.717, 1.165) is 12.0 Å². The molecule has 0 saturated carbocycles. The first kappa shape index (κ1) is 19.7. The monoisotopic (exact) mass is 353 g/mol. The molecule has 0 aliphatic carbocycles. The second-order valence-corrected chi connectivity index (χ2v) is 6.17. The van der Waals surface area contributed by atoms with E-state index in [1.807, 2.05) is 48.5 Å². The van der Waals surface area contributed by atoms with Crippen LogP contribution in [0, 0.1) is 0 Å². The van der Waals surface area contributed by atoms with E-state index in [9.17, 15) is 9.59 Å². The number of benzene rings is 2. The van der Waals surface area contributed by atoms with Crippen molar-refractivity contribution in [3.63, 3.8) is 0 Å². The molecule has 0 aliphatic rings. The van der Waals surface area contributed by atoms with E-state index < -0.39 is 0 Å². The Labute approximate surface area is 155 Å². The van der Waals surface area contributed by atoms with Crippen molar-refractivity contribution in [1.29, 1.82) is 0 Å². The van der Waals surface area contributed by atoms with E-state index in [-0.39, 0.29) is 18.2 Å². The summed E-state index contributed by atoms with van der Waals surface area (Å²) < 4.78 is 0. The molecule has 3 N–H and O–H groups in total. The Bertz CT molecular complexity index is 674. The summed E-state index contributed by atoms with van der Waals surface area (Å²) in [5.74, 6) is -0.0509. The van der Waals surface area contributed by atoms with Gasteiger partial charge in [-0.1, -0.05) is 60.7 Å². The Morgan fingerprint density at radius 2 is 1.50 bits per heavy atom. The van der Waals surface area contributed by atoms with Crippen LogP contribution < -0.4 is 11.1 Å². The molecule has 0 radical (unpaired) electrons. The van der Waals surface area contributed by atoms with E-state index in [1.165, 1.54) is 5.56 Å². The van der Waals surface area contributed by atoms with Crippen LogP contribution in [0.1, 0.15) is 17.5 Å². The minimum absolute atomic E-state index is 0.0198. The maximum Gasteiger partial charge on any atom is 0.224 e. The van der Waals surface area contributed by atoms with Crippen molar-refractivity contribution in [2.75, 3.05) is 26.2 Å². The molecule has 2 amide bonds. The SMILES string of the molecule is NCCN(CCc1ccccc1)C(=O)CCNC(=O)Cc1ccccc1. The van der Waals surface area contributed by atoms with Crippen LogP contribution in [0.25, 0.3) is 0 Å². The minimum atomic E-state index is -0.0707. The minimum Gasteiger partial charge on any atom is -0.355 e. The van der Waals surface area contributed by atoms with Gasteiger partial charge in [0.05, 0.1) is 6.42 Å². The van der Waals surface area contributed by atoms with Gasteiger partial charge in [0, 0.05) is 32.6 Å². The smallest absolute Gasteiger partial charge is 0.224 e. The maximum atomic E-state index is 12.4. The third kappa shape index (κ3) is 7.07. The number of hydrogen-bond donors (Lipinski definition) is 2. The number of amides is 2. The van der Waals surface area contributed by atoms with E-state index >= 15 is 0 Å². The molecule has 0 heterocycles. The Morgan fingerprint density at radius 3 is 2.12 bits per heavy atom. The summed E-state index contributed by atoms with van der Waals surface area (Å²) in [4.78, 5) is 26.1. The van der Waals surface area contributed by atoms with Crippen LogP contribution in [0.4, 0.5) is 0 Å². The van der Waals surface area contributed by atoms with Gasteiger partial charge in [0.25, 0.3) is 0 Å². The first-order valence-corrected chi connectivity index (χ1v) is 9.01. The van der Waals surface area contributed by atoms with Crippen LogP contribution in [-0.4, -0.2) is 42.9 Å². The molecule has 0 spiro atoms. The number of carbonyl (C=O) groups excluding carboxylic acids is 2. The van der Waals surface area contributed by atoms with Crippen molar-refractivity contribution in [2.45, 2.75) is 19.3 Å². The van der Waals surface area contributed by atoms with E-state index in [4.69, 9.17) is 5.73 Å². The average Bonchev–Trinajstić information content (AvgIpc) is 2.66. The molecule has 2 aromatic rings. The van der Waals surface area contributed by atoms with Crippen LogP contribution in [0.15, 0.2) is 60.7 Å². The van der Waals surface area contributed by atoms with Crippen LogP contribution in [0.3, 0.4) is 0 Å². The van der Waals surface area contributed by atoms with Gasteiger partial charge in [-0.25, -0.2) is 0 Å². The second-order valence-electron chi connectivity index (χ2n) is 6.17. The quantitative estimate of drug-likeness (QED) is 0.683. The molecule has 5 heteroatoms. The van der Waals surface area contributed by atoms with Crippen molar-refractivity contribution in [1.82, 2.24) is 10.2 Å². The summed E-state index contributed by atoms with van der Waals surface area (Å²) in [6, 6.07) is 19.6. The van der Waals surface area contributed by atoms with Crippen LogP contribution in [0.5, 0.6) is 0 Å². The highest BCUT2D eigenvalue weighted by Crippen LogP contribution is 2.03. The van der Waals surface area contributed by atoms with Crippen LogP contribution in [-0.2, 0) is 22.4 Å². The number of carbonyl (C=O) groups is 2. The van der Waals surface area contributed by atoms with Gasteiger partial charge in [-0.05, 0) is 17.5 Å². The first-order valence-electron chi connectivity index (χ1n) is 9.01. The zero-order chi connectivity index (χ0) is 18.6. The van der Waals surface area contributed by atoms with E-state index in [0.29, 0.717) is 32.6 Å². The molecule has 0 saturated heterocycles. The predicted octanol–water partition coefficient (Wildman–Crippen LogP) is 1.77. The molecule has 0 atom stereocenters.